The lowest BCUT2D eigenvalue weighted by atomic mass is 9.90. The van der Waals surface area contributed by atoms with Gasteiger partial charge < -0.3 is 9.64 Å². The summed E-state index contributed by atoms with van der Waals surface area (Å²) in [6.45, 7) is 7.72. The maximum Gasteiger partial charge on any atom is 0.165 e. The van der Waals surface area contributed by atoms with Gasteiger partial charge in [0.25, 0.3) is 0 Å². The summed E-state index contributed by atoms with van der Waals surface area (Å²) >= 11 is 0. The first-order valence-corrected chi connectivity index (χ1v) is 8.23. The van der Waals surface area contributed by atoms with Crippen LogP contribution in [0.15, 0.2) is 24.3 Å². The molecule has 2 rings (SSSR count). The lowest BCUT2D eigenvalue weighted by Crippen LogP contribution is -2.36. The highest BCUT2D eigenvalue weighted by atomic mass is 16.5. The largest absolute Gasteiger partial charge is 0.378 e. The number of hydrogen-bond acceptors (Lipinski definition) is 3. The Bertz CT molecular complexity index is 435. The SMILES string of the molecule is CCCCC(CC)C(=O)c1ccc(N2CCOCC2)cc1. The van der Waals surface area contributed by atoms with Gasteiger partial charge in [-0.3, -0.25) is 4.79 Å². The summed E-state index contributed by atoms with van der Waals surface area (Å²) in [4.78, 5) is 14.8. The third kappa shape index (κ3) is 4.31. The quantitative estimate of drug-likeness (QED) is 0.712. The van der Waals surface area contributed by atoms with Crippen molar-refractivity contribution in [1.82, 2.24) is 0 Å². The van der Waals surface area contributed by atoms with E-state index in [4.69, 9.17) is 4.74 Å². The second-order valence-corrected chi connectivity index (χ2v) is 5.76. The molecule has 1 unspecified atom stereocenters. The first-order valence-electron chi connectivity index (χ1n) is 8.23. The molecule has 1 aliphatic rings. The second-order valence-electron chi connectivity index (χ2n) is 5.76. The van der Waals surface area contributed by atoms with E-state index in [0.29, 0.717) is 5.78 Å². The van der Waals surface area contributed by atoms with E-state index in [1.165, 1.54) is 5.69 Å². The minimum Gasteiger partial charge on any atom is -0.378 e. The van der Waals surface area contributed by atoms with Gasteiger partial charge in [-0.2, -0.15) is 0 Å². The van der Waals surface area contributed by atoms with E-state index in [0.717, 1.165) is 57.6 Å². The smallest absolute Gasteiger partial charge is 0.165 e. The predicted octanol–water partition coefficient (Wildman–Crippen LogP) is 3.92. The molecule has 0 aliphatic carbocycles. The van der Waals surface area contributed by atoms with Crippen molar-refractivity contribution in [2.75, 3.05) is 31.2 Å². The zero-order valence-corrected chi connectivity index (χ0v) is 13.3. The Morgan fingerprint density at radius 2 is 1.86 bits per heavy atom. The predicted molar refractivity (Wildman–Crippen MR) is 87.1 cm³/mol. The van der Waals surface area contributed by atoms with Crippen LogP contribution in [0.25, 0.3) is 0 Å². The molecule has 1 aliphatic heterocycles. The van der Waals surface area contributed by atoms with Crippen LogP contribution in [0.1, 0.15) is 49.9 Å². The number of unbranched alkanes of at least 4 members (excludes halogenated alkanes) is 1. The lowest BCUT2D eigenvalue weighted by Gasteiger charge is -2.29. The summed E-state index contributed by atoms with van der Waals surface area (Å²) < 4.78 is 5.37. The Morgan fingerprint density at radius 1 is 1.19 bits per heavy atom. The van der Waals surface area contributed by atoms with Gasteiger partial charge in [0, 0.05) is 30.3 Å². The molecule has 1 saturated heterocycles. The molecule has 1 fully saturated rings. The molecule has 3 heteroatoms. The van der Waals surface area contributed by atoms with Crippen LogP contribution in [0.3, 0.4) is 0 Å². The van der Waals surface area contributed by atoms with Gasteiger partial charge in [-0.05, 0) is 37.1 Å². The van der Waals surface area contributed by atoms with E-state index >= 15 is 0 Å². The normalized spacial score (nSPS) is 16.8. The Hall–Kier alpha value is -1.35. The van der Waals surface area contributed by atoms with E-state index < -0.39 is 0 Å². The maximum atomic E-state index is 12.5. The van der Waals surface area contributed by atoms with Crippen LogP contribution in [0.5, 0.6) is 0 Å². The molecule has 1 atom stereocenters. The highest BCUT2D eigenvalue weighted by molar-refractivity contribution is 5.98. The molecule has 0 aromatic heterocycles. The average molecular weight is 289 g/mol. The van der Waals surface area contributed by atoms with Gasteiger partial charge in [0.1, 0.15) is 0 Å². The van der Waals surface area contributed by atoms with Gasteiger partial charge in [-0.25, -0.2) is 0 Å². The number of morpholine rings is 1. The van der Waals surface area contributed by atoms with Crippen molar-refractivity contribution in [3.63, 3.8) is 0 Å². The topological polar surface area (TPSA) is 29.5 Å². The lowest BCUT2D eigenvalue weighted by molar-refractivity contribution is 0.0908. The molecule has 0 radical (unpaired) electrons. The number of rotatable bonds is 7. The van der Waals surface area contributed by atoms with E-state index in [9.17, 15) is 4.79 Å². The summed E-state index contributed by atoms with van der Waals surface area (Å²) in [7, 11) is 0. The van der Waals surface area contributed by atoms with Crippen LogP contribution in [-0.4, -0.2) is 32.1 Å². The summed E-state index contributed by atoms with van der Waals surface area (Å²) in [6, 6.07) is 8.12. The molecular formula is C18H27NO2. The monoisotopic (exact) mass is 289 g/mol. The molecule has 0 N–H and O–H groups in total. The molecule has 1 aromatic rings. The zero-order valence-electron chi connectivity index (χ0n) is 13.3. The standard InChI is InChI=1S/C18H27NO2/c1-3-5-6-15(4-2)18(20)16-7-9-17(10-8-16)19-11-13-21-14-12-19/h7-10,15H,3-6,11-14H2,1-2H3. The van der Waals surface area contributed by atoms with Crippen LogP contribution < -0.4 is 4.90 Å². The molecule has 0 amide bonds. The number of Topliss-reactive ketones (excluding diaryl/α,β-unsaturated/α-hetero) is 1. The van der Waals surface area contributed by atoms with Gasteiger partial charge in [0.05, 0.1) is 13.2 Å². The number of anilines is 1. The molecular weight excluding hydrogens is 262 g/mol. The van der Waals surface area contributed by atoms with Crippen molar-refractivity contribution in [3.8, 4) is 0 Å². The summed E-state index contributed by atoms with van der Waals surface area (Å²) in [5.74, 6) is 0.485. The zero-order chi connectivity index (χ0) is 15.1. The first-order chi connectivity index (χ1) is 10.3. The van der Waals surface area contributed by atoms with Crippen LogP contribution in [0.4, 0.5) is 5.69 Å². The third-order valence-corrected chi connectivity index (χ3v) is 4.30. The Balaban J connectivity index is 2.01. The van der Waals surface area contributed by atoms with Crippen molar-refractivity contribution in [2.24, 2.45) is 5.92 Å². The number of hydrogen-bond donors (Lipinski definition) is 0. The Morgan fingerprint density at radius 3 is 2.43 bits per heavy atom. The number of ketones is 1. The van der Waals surface area contributed by atoms with Gasteiger partial charge >= 0.3 is 0 Å². The number of ether oxygens (including phenoxy) is 1. The minimum atomic E-state index is 0.180. The van der Waals surface area contributed by atoms with E-state index in [1.54, 1.807) is 0 Å². The number of carbonyl (C=O) groups excluding carboxylic acids is 1. The maximum absolute atomic E-state index is 12.5. The van der Waals surface area contributed by atoms with Gasteiger partial charge in [-0.1, -0.05) is 26.7 Å². The van der Waals surface area contributed by atoms with Crippen LogP contribution in [0, 0.1) is 5.92 Å². The Kier molecular flexibility index (Phi) is 6.24. The molecule has 3 nitrogen and oxygen atoms in total. The highest BCUT2D eigenvalue weighted by Crippen LogP contribution is 2.22. The fraction of sp³-hybridized carbons (Fsp3) is 0.611. The summed E-state index contributed by atoms with van der Waals surface area (Å²) in [5, 5.41) is 0. The minimum absolute atomic E-state index is 0.180. The molecule has 0 bridgehead atoms. The number of nitrogens with zero attached hydrogens (tertiary/aromatic N) is 1. The van der Waals surface area contributed by atoms with Crippen molar-refractivity contribution >= 4 is 11.5 Å². The Labute approximate surface area is 128 Å². The van der Waals surface area contributed by atoms with Gasteiger partial charge in [0.2, 0.25) is 0 Å². The molecule has 21 heavy (non-hydrogen) atoms. The second kappa shape index (κ2) is 8.18. The van der Waals surface area contributed by atoms with Crippen molar-refractivity contribution < 1.29 is 9.53 Å². The van der Waals surface area contributed by atoms with E-state index in [-0.39, 0.29) is 5.92 Å². The van der Waals surface area contributed by atoms with Crippen molar-refractivity contribution in [3.05, 3.63) is 29.8 Å². The van der Waals surface area contributed by atoms with Crippen LogP contribution >= 0.6 is 0 Å². The van der Waals surface area contributed by atoms with Crippen LogP contribution in [-0.2, 0) is 4.74 Å². The van der Waals surface area contributed by atoms with Gasteiger partial charge in [0.15, 0.2) is 5.78 Å². The van der Waals surface area contributed by atoms with Gasteiger partial charge in [-0.15, -0.1) is 0 Å². The summed E-state index contributed by atoms with van der Waals surface area (Å²) in [5.41, 5.74) is 2.05. The fourth-order valence-corrected chi connectivity index (χ4v) is 2.86. The average Bonchev–Trinajstić information content (AvgIpc) is 2.56. The van der Waals surface area contributed by atoms with Crippen molar-refractivity contribution in [2.45, 2.75) is 39.5 Å². The summed E-state index contributed by atoms with van der Waals surface area (Å²) in [6.07, 6.45) is 4.23. The molecule has 116 valence electrons. The fourth-order valence-electron chi connectivity index (χ4n) is 2.86. The molecule has 1 heterocycles. The van der Waals surface area contributed by atoms with Crippen LogP contribution in [0.2, 0.25) is 0 Å². The molecule has 0 spiro atoms. The number of carbonyl (C=O) groups is 1. The van der Waals surface area contributed by atoms with E-state index in [1.807, 2.05) is 12.1 Å². The van der Waals surface area contributed by atoms with E-state index in [2.05, 4.69) is 30.9 Å². The number of benzene rings is 1. The highest BCUT2D eigenvalue weighted by Gasteiger charge is 2.18. The third-order valence-electron chi connectivity index (χ3n) is 4.30. The van der Waals surface area contributed by atoms with Crippen molar-refractivity contribution in [1.29, 1.82) is 0 Å². The molecule has 0 saturated carbocycles. The molecule has 1 aromatic carbocycles. The first kappa shape index (κ1) is 16.0.